The quantitative estimate of drug-likeness (QED) is 0.348. The van der Waals surface area contributed by atoms with Crippen LogP contribution in [0.1, 0.15) is 27.5 Å². The Kier molecular flexibility index (Phi) is 4.71. The number of carbonyl (C=O) groups excluding carboxylic acids is 1. The zero-order valence-corrected chi connectivity index (χ0v) is 16.9. The predicted molar refractivity (Wildman–Crippen MR) is 115 cm³/mol. The molecule has 0 radical (unpaired) electrons. The van der Waals surface area contributed by atoms with Crippen LogP contribution in [-0.2, 0) is 0 Å². The molecule has 0 aliphatic heterocycles. The first kappa shape index (κ1) is 19.9. The number of imidazole rings is 1. The van der Waals surface area contributed by atoms with Gasteiger partial charge in [0.05, 0.1) is 21.6 Å². The van der Waals surface area contributed by atoms with Crippen molar-refractivity contribution in [2.45, 2.75) is 6.55 Å². The van der Waals surface area contributed by atoms with Crippen LogP contribution in [0.2, 0.25) is 0 Å². The van der Waals surface area contributed by atoms with Crippen LogP contribution in [0.4, 0.5) is 14.5 Å². The Balaban J connectivity index is 1.58. The number of aromatic nitrogens is 2. The molecule has 0 unspecified atom stereocenters. The van der Waals surface area contributed by atoms with E-state index in [0.717, 1.165) is 11.3 Å². The second-order valence-electron chi connectivity index (χ2n) is 6.83. The number of nitrogens with one attached hydrogen (secondary N) is 1. The maximum absolute atomic E-state index is 13.8. The zero-order chi connectivity index (χ0) is 22.4. The summed E-state index contributed by atoms with van der Waals surface area (Å²) in [4.78, 5) is 29.0. The molecule has 0 atom stereocenters. The highest BCUT2D eigenvalue weighted by molar-refractivity contribution is 7.14. The van der Waals surface area contributed by atoms with Gasteiger partial charge in [-0.25, -0.2) is 9.78 Å². The maximum atomic E-state index is 13.8. The molecule has 0 aliphatic rings. The number of rotatable bonds is 5. The third kappa shape index (κ3) is 3.21. The third-order valence-corrected chi connectivity index (χ3v) is 5.87. The Labute approximate surface area is 182 Å². The van der Waals surface area contributed by atoms with Crippen molar-refractivity contribution in [3.05, 3.63) is 71.3 Å². The number of carbonyl (C=O) groups is 2. The molecule has 3 heterocycles. The maximum Gasteiger partial charge on any atom is 0.339 e. The summed E-state index contributed by atoms with van der Waals surface area (Å²) >= 11 is 0.904. The Morgan fingerprint density at radius 1 is 1.12 bits per heavy atom. The summed E-state index contributed by atoms with van der Waals surface area (Å²) in [7, 11) is 0. The van der Waals surface area contributed by atoms with Crippen LogP contribution in [0.3, 0.4) is 0 Å². The van der Waals surface area contributed by atoms with E-state index in [1.54, 1.807) is 42.5 Å². The van der Waals surface area contributed by atoms with E-state index < -0.39 is 18.4 Å². The lowest BCUT2D eigenvalue weighted by molar-refractivity contribution is 0.0694. The van der Waals surface area contributed by atoms with Crippen LogP contribution in [0.15, 0.2) is 64.4 Å². The number of carboxylic acids is 1. The van der Waals surface area contributed by atoms with Crippen molar-refractivity contribution in [3.8, 4) is 10.7 Å². The minimum atomic E-state index is -2.94. The molecule has 1 amide bonds. The normalized spacial score (nSPS) is 11.5. The first-order chi connectivity index (χ1) is 15.4. The first-order valence-corrected chi connectivity index (χ1v) is 10.2. The SMILES string of the molecule is O=C(Nc1csc(-c2nc3ccccc3n2C(F)F)c1C(=O)O)c1cc2ccccc2o1. The van der Waals surface area contributed by atoms with Gasteiger partial charge in [-0.3, -0.25) is 9.36 Å². The molecule has 0 saturated heterocycles. The van der Waals surface area contributed by atoms with Gasteiger partial charge in [0.25, 0.3) is 5.91 Å². The zero-order valence-electron chi connectivity index (χ0n) is 16.1. The number of benzene rings is 2. The van der Waals surface area contributed by atoms with Crippen molar-refractivity contribution in [2.75, 3.05) is 5.32 Å². The Bertz CT molecular complexity index is 1470. The smallest absolute Gasteiger partial charge is 0.339 e. The summed E-state index contributed by atoms with van der Waals surface area (Å²) in [5.41, 5.74) is 0.635. The fourth-order valence-electron chi connectivity index (χ4n) is 3.51. The predicted octanol–water partition coefficient (Wildman–Crippen LogP) is 5.86. The Morgan fingerprint density at radius 2 is 1.88 bits per heavy atom. The van der Waals surface area contributed by atoms with Gasteiger partial charge < -0.3 is 14.8 Å². The number of thiophene rings is 1. The van der Waals surface area contributed by atoms with Crippen molar-refractivity contribution in [3.63, 3.8) is 0 Å². The molecule has 0 spiro atoms. The number of halogens is 2. The van der Waals surface area contributed by atoms with Gasteiger partial charge in [0.2, 0.25) is 0 Å². The van der Waals surface area contributed by atoms with E-state index in [2.05, 4.69) is 10.3 Å². The molecule has 10 heteroatoms. The number of aromatic carboxylic acids is 1. The number of para-hydroxylation sites is 3. The second kappa shape index (κ2) is 7.57. The summed E-state index contributed by atoms with van der Waals surface area (Å²) in [6, 6.07) is 14.9. The van der Waals surface area contributed by atoms with Gasteiger partial charge in [0.15, 0.2) is 11.6 Å². The van der Waals surface area contributed by atoms with E-state index in [9.17, 15) is 23.5 Å². The van der Waals surface area contributed by atoms with Crippen molar-refractivity contribution in [2.24, 2.45) is 0 Å². The van der Waals surface area contributed by atoms with E-state index in [1.165, 1.54) is 17.5 Å². The molecule has 5 rings (SSSR count). The summed E-state index contributed by atoms with van der Waals surface area (Å²) in [6.45, 7) is -2.94. The van der Waals surface area contributed by atoms with Crippen LogP contribution in [0, 0.1) is 0 Å². The number of anilines is 1. The first-order valence-electron chi connectivity index (χ1n) is 9.34. The number of alkyl halides is 2. The molecule has 3 aromatic heterocycles. The van der Waals surface area contributed by atoms with Gasteiger partial charge in [-0.1, -0.05) is 30.3 Å². The molecule has 2 aromatic carbocycles. The van der Waals surface area contributed by atoms with Crippen molar-refractivity contribution >= 4 is 50.9 Å². The molecule has 0 fully saturated rings. The number of furan rings is 1. The largest absolute Gasteiger partial charge is 0.478 e. The molecule has 5 aromatic rings. The minimum Gasteiger partial charge on any atom is -0.478 e. The number of nitrogens with zero attached hydrogens (tertiary/aromatic N) is 2. The van der Waals surface area contributed by atoms with Crippen LogP contribution >= 0.6 is 11.3 Å². The van der Waals surface area contributed by atoms with E-state index in [4.69, 9.17) is 4.42 Å². The fraction of sp³-hybridized carbons (Fsp3) is 0.0455. The Morgan fingerprint density at radius 3 is 2.62 bits per heavy atom. The van der Waals surface area contributed by atoms with E-state index >= 15 is 0 Å². The van der Waals surface area contributed by atoms with Gasteiger partial charge >= 0.3 is 12.5 Å². The molecule has 160 valence electrons. The van der Waals surface area contributed by atoms with Gasteiger partial charge in [-0.2, -0.15) is 8.78 Å². The lowest BCUT2D eigenvalue weighted by atomic mass is 10.2. The molecule has 7 nitrogen and oxygen atoms in total. The van der Waals surface area contributed by atoms with Crippen molar-refractivity contribution < 1.29 is 27.9 Å². The Hall–Kier alpha value is -4.05. The molecular weight excluding hydrogens is 440 g/mol. The average molecular weight is 453 g/mol. The van der Waals surface area contributed by atoms with Crippen LogP contribution in [0.5, 0.6) is 0 Å². The van der Waals surface area contributed by atoms with Gasteiger partial charge in [-0.05, 0) is 24.3 Å². The van der Waals surface area contributed by atoms with E-state index in [-0.39, 0.29) is 33.2 Å². The molecule has 0 bridgehead atoms. The molecule has 32 heavy (non-hydrogen) atoms. The molecule has 0 aliphatic carbocycles. The highest BCUT2D eigenvalue weighted by atomic mass is 32.1. The molecular formula is C22H13F2N3O4S. The summed E-state index contributed by atoms with van der Waals surface area (Å²) in [5.74, 6) is -2.23. The molecule has 0 saturated carbocycles. The summed E-state index contributed by atoms with van der Waals surface area (Å²) in [6.07, 6.45) is 0. The van der Waals surface area contributed by atoms with E-state index in [0.29, 0.717) is 21.1 Å². The lowest BCUT2D eigenvalue weighted by Crippen LogP contribution is -2.13. The standard InChI is InChI=1S/C22H13F2N3O4S/c23-22(24)27-14-7-3-2-6-12(14)25-19(27)18-17(21(29)30)13(10-32-18)26-20(28)16-9-11-5-1-4-8-15(11)31-16/h1-10,22H,(H,26,28)(H,29,30). The average Bonchev–Trinajstić information content (AvgIpc) is 3.47. The number of carboxylic acid groups (broad SMARTS) is 1. The lowest BCUT2D eigenvalue weighted by Gasteiger charge is -2.08. The van der Waals surface area contributed by atoms with Gasteiger partial charge in [0, 0.05) is 10.8 Å². The number of amides is 1. The highest BCUT2D eigenvalue weighted by Gasteiger charge is 2.28. The monoisotopic (exact) mass is 453 g/mol. The van der Waals surface area contributed by atoms with Crippen molar-refractivity contribution in [1.82, 2.24) is 9.55 Å². The number of fused-ring (bicyclic) bond motifs is 2. The summed E-state index contributed by atoms with van der Waals surface area (Å²) in [5, 5.41) is 14.4. The highest BCUT2D eigenvalue weighted by Crippen LogP contribution is 2.39. The third-order valence-electron chi connectivity index (χ3n) is 4.90. The second-order valence-corrected chi connectivity index (χ2v) is 7.71. The minimum absolute atomic E-state index is 0.00453. The fourth-order valence-corrected chi connectivity index (χ4v) is 4.48. The number of hydrogen-bond donors (Lipinski definition) is 2. The van der Waals surface area contributed by atoms with E-state index in [1.807, 2.05) is 0 Å². The summed E-state index contributed by atoms with van der Waals surface area (Å²) < 4.78 is 33.9. The van der Waals surface area contributed by atoms with Crippen LogP contribution < -0.4 is 5.32 Å². The van der Waals surface area contributed by atoms with Gasteiger partial charge in [-0.15, -0.1) is 11.3 Å². The van der Waals surface area contributed by atoms with Crippen molar-refractivity contribution in [1.29, 1.82) is 0 Å². The molecule has 2 N–H and O–H groups in total. The number of hydrogen-bond acceptors (Lipinski definition) is 5. The van der Waals surface area contributed by atoms with Gasteiger partial charge in [0.1, 0.15) is 11.1 Å². The van der Waals surface area contributed by atoms with Crippen LogP contribution in [-0.4, -0.2) is 26.5 Å². The topological polar surface area (TPSA) is 97.4 Å². The van der Waals surface area contributed by atoms with Crippen LogP contribution in [0.25, 0.3) is 32.7 Å².